The lowest BCUT2D eigenvalue weighted by Crippen LogP contribution is -2.40. The average molecular weight is 254 g/mol. The number of aryl methyl sites for hydroxylation is 1. The molecule has 0 fully saturated rings. The van der Waals surface area contributed by atoms with Crippen LogP contribution in [0.3, 0.4) is 0 Å². The van der Waals surface area contributed by atoms with E-state index >= 15 is 0 Å². The van der Waals surface area contributed by atoms with E-state index in [4.69, 9.17) is 5.73 Å². The van der Waals surface area contributed by atoms with Gasteiger partial charge in [-0.25, -0.2) is 4.79 Å². The smallest absolute Gasteiger partial charge is 0.330 e. The first kappa shape index (κ1) is 14.2. The number of hydrogen-bond acceptors (Lipinski definition) is 4. The summed E-state index contributed by atoms with van der Waals surface area (Å²) in [6.07, 6.45) is 1.69. The van der Waals surface area contributed by atoms with Crippen LogP contribution in [0.5, 0.6) is 0 Å². The highest BCUT2D eigenvalue weighted by atomic mass is 16.2. The molecule has 0 aliphatic carbocycles. The second-order valence-electron chi connectivity index (χ2n) is 4.20. The minimum absolute atomic E-state index is 0.131. The van der Waals surface area contributed by atoms with Crippen LogP contribution in [0.25, 0.3) is 0 Å². The van der Waals surface area contributed by atoms with E-state index in [2.05, 4.69) is 0 Å². The maximum absolute atomic E-state index is 11.8. The lowest BCUT2D eigenvalue weighted by atomic mass is 10.3. The maximum Gasteiger partial charge on any atom is 0.330 e. The van der Waals surface area contributed by atoms with E-state index in [9.17, 15) is 14.4 Å². The molecule has 0 atom stereocenters. The molecule has 0 bridgehead atoms. The minimum atomic E-state index is -0.389. The van der Waals surface area contributed by atoms with Crippen LogP contribution in [0.1, 0.15) is 12.0 Å². The topological polar surface area (TPSA) is 90.3 Å². The van der Waals surface area contributed by atoms with Crippen molar-refractivity contribution in [1.29, 1.82) is 0 Å². The van der Waals surface area contributed by atoms with Crippen LogP contribution in [0.4, 0.5) is 0 Å². The van der Waals surface area contributed by atoms with Gasteiger partial charge < -0.3 is 15.2 Å². The fourth-order valence-corrected chi connectivity index (χ4v) is 1.65. The fraction of sp³-hybridized carbons (Fsp3) is 0.545. The Bertz CT molecular complexity index is 558. The van der Waals surface area contributed by atoms with E-state index in [0.717, 1.165) is 4.57 Å². The molecule has 1 amide bonds. The first-order chi connectivity index (χ1) is 8.38. The molecule has 2 N–H and O–H groups in total. The van der Waals surface area contributed by atoms with E-state index in [0.29, 0.717) is 5.56 Å². The third-order valence-electron chi connectivity index (χ3n) is 2.71. The quantitative estimate of drug-likeness (QED) is 0.700. The van der Waals surface area contributed by atoms with E-state index in [-0.39, 0.29) is 36.7 Å². The molecule has 0 spiro atoms. The van der Waals surface area contributed by atoms with Crippen molar-refractivity contribution >= 4 is 5.91 Å². The Morgan fingerprint density at radius 2 is 2.00 bits per heavy atom. The molecule has 0 radical (unpaired) electrons. The van der Waals surface area contributed by atoms with Crippen molar-refractivity contribution in [3.8, 4) is 0 Å². The van der Waals surface area contributed by atoms with Gasteiger partial charge >= 0.3 is 5.69 Å². The monoisotopic (exact) mass is 254 g/mol. The molecule has 0 unspecified atom stereocenters. The van der Waals surface area contributed by atoms with Crippen LogP contribution in [0.2, 0.25) is 0 Å². The van der Waals surface area contributed by atoms with Crippen LogP contribution in [-0.4, -0.2) is 33.5 Å². The zero-order chi connectivity index (χ0) is 13.9. The number of carbonyl (C=O) groups excluding carboxylic acids is 1. The van der Waals surface area contributed by atoms with Crippen LogP contribution in [0.15, 0.2) is 15.8 Å². The summed E-state index contributed by atoms with van der Waals surface area (Å²) in [4.78, 5) is 36.3. The summed E-state index contributed by atoms with van der Waals surface area (Å²) in [6, 6.07) is 0. The molecule has 7 heteroatoms. The molecule has 1 heterocycles. The number of nitrogens with zero attached hydrogens (tertiary/aromatic N) is 3. The van der Waals surface area contributed by atoms with Crippen molar-refractivity contribution in [2.45, 2.75) is 13.0 Å². The molecule has 1 aromatic heterocycles. The normalized spacial score (nSPS) is 10.4. The van der Waals surface area contributed by atoms with Crippen molar-refractivity contribution in [3.63, 3.8) is 0 Å². The standard InChI is InChI=1S/C11H18N4O3/c1-13(9(16)4-5-12)6-8-7-14(2)11(18)15(3)10(8)17/h7H,4-6,12H2,1-3H3. The summed E-state index contributed by atoms with van der Waals surface area (Å²) < 4.78 is 2.34. The Morgan fingerprint density at radius 1 is 1.39 bits per heavy atom. The van der Waals surface area contributed by atoms with E-state index in [1.165, 1.54) is 22.7 Å². The fourth-order valence-electron chi connectivity index (χ4n) is 1.65. The number of nitrogens with two attached hydrogens (primary N) is 1. The van der Waals surface area contributed by atoms with Gasteiger partial charge in [0.2, 0.25) is 5.91 Å². The molecule has 18 heavy (non-hydrogen) atoms. The Hall–Kier alpha value is -1.89. The summed E-state index contributed by atoms with van der Waals surface area (Å²) >= 11 is 0. The largest absolute Gasteiger partial charge is 0.341 e. The van der Waals surface area contributed by atoms with Gasteiger partial charge in [-0.05, 0) is 0 Å². The zero-order valence-corrected chi connectivity index (χ0v) is 10.8. The third kappa shape index (κ3) is 2.86. The predicted octanol–water partition coefficient (Wildman–Crippen LogP) is -1.61. The van der Waals surface area contributed by atoms with Gasteiger partial charge in [0.1, 0.15) is 0 Å². The highest BCUT2D eigenvalue weighted by Gasteiger charge is 2.12. The number of aromatic nitrogens is 2. The molecular weight excluding hydrogens is 236 g/mol. The molecule has 7 nitrogen and oxygen atoms in total. The van der Waals surface area contributed by atoms with Crippen LogP contribution in [0, 0.1) is 0 Å². The molecule has 0 saturated carbocycles. The van der Waals surface area contributed by atoms with Gasteiger partial charge in [-0.15, -0.1) is 0 Å². The number of carbonyl (C=O) groups is 1. The van der Waals surface area contributed by atoms with Crippen molar-refractivity contribution in [3.05, 3.63) is 32.6 Å². The van der Waals surface area contributed by atoms with Gasteiger partial charge in [-0.3, -0.25) is 14.2 Å². The Kier molecular flexibility index (Phi) is 4.43. The lowest BCUT2D eigenvalue weighted by molar-refractivity contribution is -0.130. The van der Waals surface area contributed by atoms with Crippen LogP contribution >= 0.6 is 0 Å². The Balaban J connectivity index is 3.03. The third-order valence-corrected chi connectivity index (χ3v) is 2.71. The second-order valence-corrected chi connectivity index (χ2v) is 4.20. The average Bonchev–Trinajstić information content (AvgIpc) is 2.33. The van der Waals surface area contributed by atoms with Gasteiger partial charge in [0.25, 0.3) is 5.56 Å². The Labute approximate surface area is 104 Å². The molecule has 0 aliphatic rings. The van der Waals surface area contributed by atoms with Gasteiger partial charge in [-0.2, -0.15) is 0 Å². The molecule has 1 aromatic rings. The zero-order valence-electron chi connectivity index (χ0n) is 10.8. The highest BCUT2D eigenvalue weighted by Crippen LogP contribution is 1.97. The summed E-state index contributed by atoms with van der Waals surface area (Å²) in [5, 5.41) is 0. The molecule has 0 aliphatic heterocycles. The van der Waals surface area contributed by atoms with E-state index in [1.807, 2.05) is 0 Å². The SMILES string of the molecule is CN(Cc1cn(C)c(=O)n(C)c1=O)C(=O)CCN. The number of amides is 1. The molecule has 1 rings (SSSR count). The van der Waals surface area contributed by atoms with Gasteiger partial charge in [0.05, 0.1) is 12.1 Å². The molecule has 100 valence electrons. The summed E-state index contributed by atoms with van der Waals surface area (Å²) in [5.41, 5.74) is 4.92. The van der Waals surface area contributed by atoms with Crippen molar-refractivity contribution < 1.29 is 4.79 Å². The summed E-state index contributed by atoms with van der Waals surface area (Å²) in [6.45, 7) is 0.439. The predicted molar refractivity (Wildman–Crippen MR) is 67.1 cm³/mol. The van der Waals surface area contributed by atoms with Crippen molar-refractivity contribution in [2.75, 3.05) is 13.6 Å². The first-order valence-electron chi connectivity index (χ1n) is 5.58. The van der Waals surface area contributed by atoms with E-state index in [1.54, 1.807) is 14.1 Å². The summed E-state index contributed by atoms with van der Waals surface area (Å²) in [5.74, 6) is -0.131. The maximum atomic E-state index is 11.8. The highest BCUT2D eigenvalue weighted by molar-refractivity contribution is 5.75. The van der Waals surface area contributed by atoms with Crippen molar-refractivity contribution in [1.82, 2.24) is 14.0 Å². The number of rotatable bonds is 4. The molecular formula is C11H18N4O3. The molecule has 0 saturated heterocycles. The van der Waals surface area contributed by atoms with Crippen LogP contribution in [-0.2, 0) is 25.4 Å². The second kappa shape index (κ2) is 5.63. The minimum Gasteiger partial charge on any atom is -0.341 e. The lowest BCUT2D eigenvalue weighted by Gasteiger charge is -2.17. The summed E-state index contributed by atoms with van der Waals surface area (Å²) in [7, 11) is 4.57. The molecule has 0 aromatic carbocycles. The van der Waals surface area contributed by atoms with E-state index < -0.39 is 0 Å². The Morgan fingerprint density at radius 3 is 2.56 bits per heavy atom. The van der Waals surface area contributed by atoms with Crippen molar-refractivity contribution in [2.24, 2.45) is 19.8 Å². The van der Waals surface area contributed by atoms with Gasteiger partial charge in [0, 0.05) is 40.3 Å². The number of hydrogen-bond donors (Lipinski definition) is 1. The van der Waals surface area contributed by atoms with Gasteiger partial charge in [0.15, 0.2) is 0 Å². The van der Waals surface area contributed by atoms with Gasteiger partial charge in [-0.1, -0.05) is 0 Å². The first-order valence-corrected chi connectivity index (χ1v) is 5.58. The van der Waals surface area contributed by atoms with Crippen LogP contribution < -0.4 is 17.0 Å².